The Bertz CT molecular complexity index is 1410. The summed E-state index contributed by atoms with van der Waals surface area (Å²) in [5.74, 6) is -56.6. The molecule has 2 rings (SSSR count). The lowest BCUT2D eigenvalue weighted by Crippen LogP contribution is -2.74. The summed E-state index contributed by atoms with van der Waals surface area (Å²) in [5.41, 5.74) is 0.544. The number of aliphatic hydroxyl groups excluding tert-OH is 2. The van der Waals surface area contributed by atoms with E-state index in [0.717, 1.165) is 32.1 Å². The summed E-state index contributed by atoms with van der Waals surface area (Å²) in [7, 11) is 0. The fraction of sp³-hybridized carbons (Fsp3) is 0.846. The van der Waals surface area contributed by atoms with Crippen LogP contribution in [0.15, 0.2) is 24.3 Å². The monoisotopic (exact) mass is 924 g/mol. The van der Waals surface area contributed by atoms with Gasteiger partial charge >= 0.3 is 47.6 Å². The van der Waals surface area contributed by atoms with E-state index in [9.17, 15) is 79.7 Å². The maximum absolute atomic E-state index is 14.3. The zero-order chi connectivity index (χ0) is 46.6. The van der Waals surface area contributed by atoms with Gasteiger partial charge in [0, 0.05) is 13.0 Å². The first-order valence-electron chi connectivity index (χ1n) is 20.1. The molecule has 5 nitrogen and oxygen atoms in total. The van der Waals surface area contributed by atoms with Crippen molar-refractivity contribution in [3.8, 4) is 5.75 Å². The molecule has 358 valence electrons. The number of hydrogen-bond donors (Lipinski definition) is 2. The minimum atomic E-state index is -8.66. The molecular weight excluding hydrogens is 871 g/mol. The summed E-state index contributed by atoms with van der Waals surface area (Å²) in [4.78, 5) is 0. The van der Waals surface area contributed by atoms with E-state index in [0.29, 0.717) is 37.7 Å². The quantitative estimate of drug-likeness (QED) is 0.0594. The second-order valence-electron chi connectivity index (χ2n) is 15.3. The first-order valence-corrected chi connectivity index (χ1v) is 20.1. The maximum atomic E-state index is 14.3. The van der Waals surface area contributed by atoms with E-state index in [-0.39, 0.29) is 31.2 Å². The van der Waals surface area contributed by atoms with Gasteiger partial charge in [0.15, 0.2) is 0 Å². The smallest absolute Gasteiger partial charge is 0.460 e. The summed E-state index contributed by atoms with van der Waals surface area (Å²) in [6.45, 7) is 1.05. The van der Waals surface area contributed by atoms with Crippen LogP contribution in [0.4, 0.5) is 74.6 Å². The van der Waals surface area contributed by atoms with Gasteiger partial charge in [0.1, 0.15) is 5.75 Å². The number of ether oxygens (including phenoxy) is 3. The van der Waals surface area contributed by atoms with Crippen LogP contribution in [0.3, 0.4) is 0 Å². The number of benzene rings is 1. The lowest BCUT2D eigenvalue weighted by molar-refractivity contribution is -0.461. The Morgan fingerprint density at radius 2 is 1.07 bits per heavy atom. The molecule has 0 bridgehead atoms. The zero-order valence-corrected chi connectivity index (χ0v) is 33.3. The number of aliphatic hydroxyl groups is 2. The van der Waals surface area contributed by atoms with Crippen molar-refractivity contribution in [1.82, 2.24) is 0 Å². The molecule has 0 unspecified atom stereocenters. The Balaban J connectivity index is 2.01. The topological polar surface area (TPSA) is 68.2 Å². The second kappa shape index (κ2) is 22.5. The molecule has 1 saturated heterocycles. The van der Waals surface area contributed by atoms with Gasteiger partial charge in [-0.1, -0.05) is 83.3 Å². The predicted molar refractivity (Wildman–Crippen MR) is 187 cm³/mol. The molecule has 0 aromatic heterocycles. The van der Waals surface area contributed by atoms with E-state index in [1.54, 1.807) is 0 Å². The van der Waals surface area contributed by atoms with Crippen LogP contribution in [0.5, 0.6) is 5.75 Å². The van der Waals surface area contributed by atoms with Crippen molar-refractivity contribution in [3.05, 3.63) is 29.8 Å². The molecule has 0 saturated carbocycles. The predicted octanol–water partition coefficient (Wildman–Crippen LogP) is 12.7. The Morgan fingerprint density at radius 3 is 1.57 bits per heavy atom. The van der Waals surface area contributed by atoms with Crippen molar-refractivity contribution in [2.75, 3.05) is 13.2 Å². The third-order valence-corrected chi connectivity index (χ3v) is 10.5. The Kier molecular flexibility index (Phi) is 20.2. The molecule has 0 aliphatic carbocycles. The minimum Gasteiger partial charge on any atom is -0.494 e. The van der Waals surface area contributed by atoms with Crippen LogP contribution in [-0.4, -0.2) is 95.5 Å². The van der Waals surface area contributed by atoms with Gasteiger partial charge in [-0.15, -0.1) is 0 Å². The van der Waals surface area contributed by atoms with Crippen molar-refractivity contribution >= 4 is 0 Å². The molecule has 1 aliphatic rings. The standard InChI is InChI=1S/C39H53F17O5/c1-2-3-4-5-6-7-8-9-10-11-15-30(31-21-20-29(61-31)28(58)14-12-23-57)60-25-26-16-18-27(19-17-26)59-24-13-22-32(40,41)33(42,43)34(44,45)35(46,47)36(48,49)37(50,51)38(52,53)39(54,55)56/h16-19,28-31,57-58H,2-15,20-25H2,1H3/t28-,29-,30-,31-/m1/s1. The molecule has 61 heavy (non-hydrogen) atoms. The van der Waals surface area contributed by atoms with Crippen LogP contribution >= 0.6 is 0 Å². The van der Waals surface area contributed by atoms with Crippen molar-refractivity contribution in [1.29, 1.82) is 0 Å². The number of hydrogen-bond acceptors (Lipinski definition) is 5. The first-order chi connectivity index (χ1) is 28.1. The lowest BCUT2D eigenvalue weighted by Gasteiger charge is -2.42. The highest BCUT2D eigenvalue weighted by molar-refractivity contribution is 5.27. The molecule has 22 heteroatoms. The van der Waals surface area contributed by atoms with Crippen molar-refractivity contribution in [3.63, 3.8) is 0 Å². The molecule has 1 heterocycles. The highest BCUT2D eigenvalue weighted by Crippen LogP contribution is 2.64. The highest BCUT2D eigenvalue weighted by Gasteiger charge is 2.95. The zero-order valence-electron chi connectivity index (χ0n) is 33.3. The molecule has 2 N–H and O–H groups in total. The third-order valence-electron chi connectivity index (χ3n) is 10.5. The van der Waals surface area contributed by atoms with E-state index in [1.807, 2.05) is 0 Å². The lowest BCUT2D eigenvalue weighted by atomic mass is 9.88. The van der Waals surface area contributed by atoms with Gasteiger partial charge in [0.25, 0.3) is 0 Å². The van der Waals surface area contributed by atoms with Crippen LogP contribution in [0.25, 0.3) is 0 Å². The van der Waals surface area contributed by atoms with Crippen molar-refractivity contribution in [2.45, 2.75) is 195 Å². The van der Waals surface area contributed by atoms with Crippen LogP contribution in [0.1, 0.15) is 122 Å². The van der Waals surface area contributed by atoms with Crippen LogP contribution in [-0.2, 0) is 16.1 Å². The van der Waals surface area contributed by atoms with Gasteiger partial charge in [-0.3, -0.25) is 0 Å². The molecule has 0 amide bonds. The van der Waals surface area contributed by atoms with E-state index in [4.69, 9.17) is 19.3 Å². The average molecular weight is 925 g/mol. The molecule has 0 spiro atoms. The Morgan fingerprint density at radius 1 is 0.590 bits per heavy atom. The van der Waals surface area contributed by atoms with Gasteiger partial charge in [-0.2, -0.15) is 74.6 Å². The number of rotatable bonds is 30. The van der Waals surface area contributed by atoms with Gasteiger partial charge in [-0.05, 0) is 56.2 Å². The van der Waals surface area contributed by atoms with Gasteiger partial charge < -0.3 is 24.4 Å². The van der Waals surface area contributed by atoms with Crippen LogP contribution < -0.4 is 4.74 Å². The Labute approximate surface area is 342 Å². The molecule has 1 aromatic rings. The fourth-order valence-electron chi connectivity index (χ4n) is 6.66. The fourth-order valence-corrected chi connectivity index (χ4v) is 6.66. The second-order valence-corrected chi connectivity index (χ2v) is 15.3. The molecular formula is C39H53F17O5. The SMILES string of the molecule is CCCCCCCCCCCC[C@@H](OCc1ccc(OCCCC(F)(F)C(F)(F)C(F)(F)C(F)(F)C(F)(F)C(F)(F)C(F)(F)C(F)(F)F)cc1)[C@H]1CC[C@H]([C@H](O)CCCO)O1. The van der Waals surface area contributed by atoms with E-state index < -0.39 is 79.3 Å². The number of unbranched alkanes of at least 4 members (excludes halogenated alkanes) is 9. The highest BCUT2D eigenvalue weighted by atomic mass is 19.4. The van der Waals surface area contributed by atoms with E-state index in [2.05, 4.69) is 6.92 Å². The summed E-state index contributed by atoms with van der Waals surface area (Å²) >= 11 is 0. The third kappa shape index (κ3) is 13.1. The van der Waals surface area contributed by atoms with Crippen LogP contribution in [0, 0.1) is 0 Å². The minimum absolute atomic E-state index is 0.0271. The molecule has 1 aromatic carbocycles. The van der Waals surface area contributed by atoms with Crippen LogP contribution in [0.2, 0.25) is 0 Å². The summed E-state index contributed by atoms with van der Waals surface area (Å²) in [6, 6.07) is 5.37. The average Bonchev–Trinajstić information content (AvgIpc) is 3.67. The maximum Gasteiger partial charge on any atom is 0.460 e. The molecule has 1 aliphatic heterocycles. The van der Waals surface area contributed by atoms with E-state index in [1.165, 1.54) is 56.4 Å². The summed E-state index contributed by atoms with van der Waals surface area (Å²) < 4.78 is 247. The summed E-state index contributed by atoms with van der Waals surface area (Å²) in [6.07, 6.45) is -0.0882. The van der Waals surface area contributed by atoms with E-state index >= 15 is 0 Å². The van der Waals surface area contributed by atoms with Crippen molar-refractivity contribution < 1.29 is 99.1 Å². The van der Waals surface area contributed by atoms with Gasteiger partial charge in [0.2, 0.25) is 0 Å². The molecule has 1 fully saturated rings. The number of alkyl halides is 17. The largest absolute Gasteiger partial charge is 0.494 e. The molecule has 0 radical (unpaired) electrons. The van der Waals surface area contributed by atoms with Crippen molar-refractivity contribution in [2.24, 2.45) is 0 Å². The number of halogens is 17. The summed E-state index contributed by atoms with van der Waals surface area (Å²) in [5, 5.41) is 19.6. The Hall–Kier alpha value is -2.33. The normalized spacial score (nSPS) is 18.8. The van der Waals surface area contributed by atoms with Gasteiger partial charge in [-0.25, -0.2) is 0 Å². The van der Waals surface area contributed by atoms with Gasteiger partial charge in [0.05, 0.1) is 37.6 Å². The first kappa shape index (κ1) is 54.8. The molecule has 4 atom stereocenters.